The van der Waals surface area contributed by atoms with Crippen molar-refractivity contribution in [3.05, 3.63) is 64.7 Å². The molecule has 2 rings (SSSR count). The number of benzene rings is 2. The highest BCUT2D eigenvalue weighted by molar-refractivity contribution is 7.98. The Balaban J connectivity index is 1.98. The van der Waals surface area contributed by atoms with Gasteiger partial charge in [-0.05, 0) is 50.1 Å². The maximum atomic E-state index is 12.3. The van der Waals surface area contributed by atoms with Crippen LogP contribution in [0.25, 0.3) is 0 Å². The largest absolute Gasteiger partial charge is 0.453 e. The second kappa shape index (κ2) is 9.94. The average Bonchev–Trinajstić information content (AvgIpc) is 2.67. The van der Waals surface area contributed by atoms with Gasteiger partial charge in [0.2, 0.25) is 0 Å². The molecule has 0 fully saturated rings. The van der Waals surface area contributed by atoms with E-state index in [0.717, 1.165) is 12.7 Å². The van der Waals surface area contributed by atoms with Gasteiger partial charge >= 0.3 is 12.1 Å². The number of carbonyl (C=O) groups is 3. The number of imide groups is 1. The summed E-state index contributed by atoms with van der Waals surface area (Å²) in [5.41, 5.74) is 3.74. The second-order valence-corrected chi connectivity index (χ2v) is 7.30. The minimum atomic E-state index is -1.13. The Hall–Kier alpha value is -2.80. The molecule has 0 aliphatic carbocycles. The fourth-order valence-corrected chi connectivity index (χ4v) is 3.40. The number of nitrogens with one attached hydrogen (secondary N) is 1. The van der Waals surface area contributed by atoms with Gasteiger partial charge in [-0.25, -0.2) is 9.59 Å². The molecule has 28 heavy (non-hydrogen) atoms. The van der Waals surface area contributed by atoms with Gasteiger partial charge in [-0.2, -0.15) is 0 Å². The van der Waals surface area contributed by atoms with Crippen LogP contribution in [0.4, 0.5) is 4.79 Å². The van der Waals surface area contributed by atoms with Gasteiger partial charge in [-0.3, -0.25) is 10.1 Å². The number of hydrogen-bond acceptors (Lipinski definition) is 6. The third-order valence-corrected chi connectivity index (χ3v) is 5.20. The molecule has 1 N–H and O–H groups in total. The monoisotopic (exact) mass is 401 g/mol. The van der Waals surface area contributed by atoms with Gasteiger partial charge in [0, 0.05) is 10.6 Å². The van der Waals surface area contributed by atoms with Gasteiger partial charge in [0.1, 0.15) is 0 Å². The van der Waals surface area contributed by atoms with Crippen LogP contribution in [-0.2, 0) is 20.0 Å². The predicted molar refractivity (Wildman–Crippen MR) is 107 cm³/mol. The zero-order valence-corrected chi connectivity index (χ0v) is 17.1. The molecule has 0 aliphatic rings. The van der Waals surface area contributed by atoms with Crippen LogP contribution < -0.4 is 5.32 Å². The minimum absolute atomic E-state index is 0.344. The van der Waals surface area contributed by atoms with Crippen LogP contribution >= 0.6 is 11.8 Å². The number of alkyl carbamates (subject to hydrolysis) is 1. The Morgan fingerprint density at radius 3 is 2.54 bits per heavy atom. The topological polar surface area (TPSA) is 81.7 Å². The highest BCUT2D eigenvalue weighted by atomic mass is 32.2. The predicted octanol–water partition coefficient (Wildman–Crippen LogP) is 4.02. The van der Waals surface area contributed by atoms with Crippen molar-refractivity contribution in [2.45, 2.75) is 37.5 Å². The van der Waals surface area contributed by atoms with Crippen molar-refractivity contribution in [3.63, 3.8) is 0 Å². The van der Waals surface area contributed by atoms with Crippen molar-refractivity contribution < 1.29 is 23.9 Å². The summed E-state index contributed by atoms with van der Waals surface area (Å²) in [6.07, 6.45) is -2.03. The highest BCUT2D eigenvalue weighted by Gasteiger charge is 2.21. The van der Waals surface area contributed by atoms with E-state index >= 15 is 0 Å². The van der Waals surface area contributed by atoms with E-state index in [4.69, 9.17) is 4.74 Å². The van der Waals surface area contributed by atoms with Crippen molar-refractivity contribution in [2.24, 2.45) is 0 Å². The van der Waals surface area contributed by atoms with E-state index in [1.54, 1.807) is 30.0 Å². The summed E-state index contributed by atoms with van der Waals surface area (Å²) in [7, 11) is 1.14. The Morgan fingerprint density at radius 1 is 1.11 bits per heavy atom. The van der Waals surface area contributed by atoms with Crippen LogP contribution in [0.3, 0.4) is 0 Å². The van der Waals surface area contributed by atoms with Crippen molar-refractivity contribution >= 4 is 29.7 Å². The first-order valence-electron chi connectivity index (χ1n) is 8.69. The number of thioether (sulfide) groups is 1. The number of aryl methyl sites for hydroxylation is 2. The molecular formula is C21H23NO5S. The number of ether oxygens (including phenoxy) is 2. The lowest BCUT2D eigenvalue weighted by molar-refractivity contribution is -0.128. The number of carbonyl (C=O) groups excluding carboxylic acids is 3. The van der Waals surface area contributed by atoms with Crippen LogP contribution in [-0.4, -0.2) is 31.2 Å². The Bertz CT molecular complexity index is 881. The molecule has 0 unspecified atom stereocenters. The first-order chi connectivity index (χ1) is 13.3. The van der Waals surface area contributed by atoms with Crippen LogP contribution in [0.5, 0.6) is 0 Å². The maximum absolute atomic E-state index is 12.3. The summed E-state index contributed by atoms with van der Waals surface area (Å²) in [4.78, 5) is 36.3. The van der Waals surface area contributed by atoms with E-state index in [2.05, 4.69) is 36.8 Å². The summed E-state index contributed by atoms with van der Waals surface area (Å²) >= 11 is 1.69. The molecule has 0 aliphatic heterocycles. The van der Waals surface area contributed by atoms with Gasteiger partial charge in [0.15, 0.2) is 6.10 Å². The number of methoxy groups -OCH3 is 1. The highest BCUT2D eigenvalue weighted by Crippen LogP contribution is 2.27. The molecule has 2 aromatic carbocycles. The van der Waals surface area contributed by atoms with Crippen molar-refractivity contribution in [1.29, 1.82) is 0 Å². The third kappa shape index (κ3) is 6.13. The second-order valence-electron chi connectivity index (χ2n) is 6.29. The Morgan fingerprint density at radius 2 is 1.86 bits per heavy atom. The van der Waals surface area contributed by atoms with Crippen molar-refractivity contribution in [1.82, 2.24) is 5.32 Å². The number of hydrogen-bond donors (Lipinski definition) is 1. The lowest BCUT2D eigenvalue weighted by Gasteiger charge is -2.13. The summed E-state index contributed by atoms with van der Waals surface area (Å²) in [6, 6.07) is 13.4. The van der Waals surface area contributed by atoms with E-state index in [-0.39, 0.29) is 0 Å². The summed E-state index contributed by atoms with van der Waals surface area (Å²) < 4.78 is 9.47. The van der Waals surface area contributed by atoms with Gasteiger partial charge in [0.05, 0.1) is 12.7 Å². The number of amides is 2. The molecule has 6 nitrogen and oxygen atoms in total. The molecule has 0 bridgehead atoms. The van der Waals surface area contributed by atoms with Gasteiger partial charge < -0.3 is 9.47 Å². The third-order valence-electron chi connectivity index (χ3n) is 3.95. The Labute approximate surface area is 168 Å². The van der Waals surface area contributed by atoms with Gasteiger partial charge in [0.25, 0.3) is 5.91 Å². The van der Waals surface area contributed by atoms with Crippen LogP contribution in [0.1, 0.15) is 34.0 Å². The molecule has 0 saturated heterocycles. The average molecular weight is 401 g/mol. The zero-order chi connectivity index (χ0) is 20.7. The fourth-order valence-electron chi connectivity index (χ4n) is 2.45. The first kappa shape index (κ1) is 21.5. The van der Waals surface area contributed by atoms with Gasteiger partial charge in [-0.1, -0.05) is 29.8 Å². The first-order valence-corrected chi connectivity index (χ1v) is 9.67. The summed E-state index contributed by atoms with van der Waals surface area (Å²) in [5.74, 6) is -0.684. The minimum Gasteiger partial charge on any atom is -0.453 e. The molecule has 0 heterocycles. The van der Waals surface area contributed by atoms with E-state index < -0.39 is 24.1 Å². The molecule has 1 atom stereocenters. The molecular weight excluding hydrogens is 378 g/mol. The van der Waals surface area contributed by atoms with Crippen molar-refractivity contribution in [3.8, 4) is 0 Å². The normalized spacial score (nSPS) is 11.4. The number of esters is 1. The lowest BCUT2D eigenvalue weighted by atomic mass is 10.1. The smallest absolute Gasteiger partial charge is 0.413 e. The maximum Gasteiger partial charge on any atom is 0.413 e. The molecule has 0 radical (unpaired) electrons. The number of rotatable bonds is 6. The van der Waals surface area contributed by atoms with Crippen LogP contribution in [0, 0.1) is 13.8 Å². The molecule has 0 spiro atoms. The molecule has 2 amide bonds. The fraction of sp³-hybridized carbons (Fsp3) is 0.286. The summed E-state index contributed by atoms with van der Waals surface area (Å²) in [6.45, 7) is 5.52. The van der Waals surface area contributed by atoms with E-state index in [1.165, 1.54) is 22.9 Å². The van der Waals surface area contributed by atoms with Gasteiger partial charge in [-0.15, -0.1) is 11.8 Å². The molecule has 148 valence electrons. The molecule has 0 aromatic heterocycles. The van der Waals surface area contributed by atoms with Crippen LogP contribution in [0.2, 0.25) is 0 Å². The molecule has 7 heteroatoms. The SMILES string of the molecule is COC(=O)NC(=O)[C@@H](C)OC(=O)c1cccc(CSc2ccc(C)cc2C)c1. The Kier molecular flexibility index (Phi) is 7.63. The van der Waals surface area contributed by atoms with Crippen molar-refractivity contribution in [2.75, 3.05) is 7.11 Å². The standard InChI is InChI=1S/C21H23NO5S/c1-13-8-9-18(14(2)10-13)28-12-16-6-5-7-17(11-16)20(24)27-15(3)19(23)22-21(25)26-4/h5-11,15H,12H2,1-4H3,(H,22,23,25)/t15-/m1/s1. The van der Waals surface area contributed by atoms with Crippen LogP contribution in [0.15, 0.2) is 47.4 Å². The molecule has 0 saturated carbocycles. The van der Waals surface area contributed by atoms with E-state index in [1.807, 2.05) is 11.4 Å². The zero-order valence-electron chi connectivity index (χ0n) is 16.3. The van der Waals surface area contributed by atoms with E-state index in [0.29, 0.717) is 11.3 Å². The summed E-state index contributed by atoms with van der Waals surface area (Å²) in [5, 5.41) is 1.96. The van der Waals surface area contributed by atoms with E-state index in [9.17, 15) is 14.4 Å². The molecule has 2 aromatic rings. The lowest BCUT2D eigenvalue weighted by Crippen LogP contribution is -2.39. The quantitative estimate of drug-likeness (QED) is 0.581.